The molecule has 13 rings (SSSR count). The molecule has 0 saturated heterocycles. The van der Waals surface area contributed by atoms with E-state index in [0.29, 0.717) is 0 Å². The van der Waals surface area contributed by atoms with Crippen molar-refractivity contribution in [3.63, 3.8) is 0 Å². The molecular weight excluding hydrogens is 639 g/mol. The first-order valence-electron chi connectivity index (χ1n) is 20.7. The van der Waals surface area contributed by atoms with Crippen molar-refractivity contribution in [2.75, 3.05) is 4.90 Å². The van der Waals surface area contributed by atoms with Crippen molar-refractivity contribution in [2.45, 2.75) is 75.0 Å². The number of anilines is 3. The van der Waals surface area contributed by atoms with Crippen molar-refractivity contribution < 1.29 is 0 Å². The molecule has 53 heavy (non-hydrogen) atoms. The van der Waals surface area contributed by atoms with E-state index in [1.807, 2.05) is 0 Å². The van der Waals surface area contributed by atoms with Gasteiger partial charge in [0.2, 0.25) is 0 Å². The molecule has 0 atom stereocenters. The molecule has 1 heteroatoms. The van der Waals surface area contributed by atoms with E-state index >= 15 is 0 Å². The third-order valence-electron chi connectivity index (χ3n) is 15.2. The van der Waals surface area contributed by atoms with Crippen LogP contribution in [0.2, 0.25) is 0 Å². The number of hydrogen-bond donors (Lipinski definition) is 0. The first kappa shape index (κ1) is 30.6. The molecule has 4 bridgehead atoms. The Morgan fingerprint density at radius 2 is 1.04 bits per heavy atom. The highest BCUT2D eigenvalue weighted by molar-refractivity contribution is 5.96. The SMILES string of the molecule is c1ccc(-c2ccc(N(c3ccc4c(c3)C3(CCCCC3)c3ccccc3-4)c3cccc4c3-c3ccccc3C43C4CC5CC(C4)CC3C5)cc2)cc1. The maximum absolute atomic E-state index is 2.64. The summed E-state index contributed by atoms with van der Waals surface area (Å²) in [5, 5.41) is 0. The molecule has 0 radical (unpaired) electrons. The second-order valence-corrected chi connectivity index (χ2v) is 17.6. The lowest BCUT2D eigenvalue weighted by molar-refractivity contribution is -0.0399. The molecule has 7 aliphatic carbocycles. The van der Waals surface area contributed by atoms with Crippen LogP contribution < -0.4 is 4.90 Å². The molecule has 0 aliphatic heterocycles. The molecular formula is C52H47N. The fraction of sp³-hybridized carbons (Fsp3) is 0.308. The molecule has 6 aromatic rings. The molecule has 7 aliphatic rings. The molecule has 0 amide bonds. The summed E-state index contributed by atoms with van der Waals surface area (Å²) < 4.78 is 0. The Bertz CT molecular complexity index is 2370. The standard InChI is InChI=1S/C52H47N/c1-3-12-36(13-4-1)37-20-22-40(23-21-37)53(41-24-25-43-42-14-5-7-16-45(42)51(48(43)33-41)26-9-2-10-27-51)49-19-11-18-47-50(49)44-15-6-8-17-46(44)52(47)38-29-34-28-35(31-38)32-39(52)30-34/h1,3-8,11-25,33-35,38-39H,2,9-10,26-32H2. The molecule has 6 aromatic carbocycles. The number of rotatable bonds is 4. The molecule has 260 valence electrons. The predicted octanol–water partition coefficient (Wildman–Crippen LogP) is 13.8. The van der Waals surface area contributed by atoms with Gasteiger partial charge >= 0.3 is 0 Å². The summed E-state index contributed by atoms with van der Waals surface area (Å²) in [6.45, 7) is 0. The van der Waals surface area contributed by atoms with Crippen molar-refractivity contribution in [2.24, 2.45) is 23.7 Å². The Morgan fingerprint density at radius 1 is 0.434 bits per heavy atom. The van der Waals surface area contributed by atoms with Crippen LogP contribution in [0.4, 0.5) is 17.1 Å². The third-order valence-corrected chi connectivity index (χ3v) is 15.2. The second-order valence-electron chi connectivity index (χ2n) is 17.6. The summed E-state index contributed by atoms with van der Waals surface area (Å²) in [6.07, 6.45) is 13.5. The zero-order chi connectivity index (χ0) is 34.7. The molecule has 0 unspecified atom stereocenters. The van der Waals surface area contributed by atoms with Gasteiger partial charge < -0.3 is 4.90 Å². The first-order valence-corrected chi connectivity index (χ1v) is 20.7. The summed E-state index contributed by atoms with van der Waals surface area (Å²) in [6, 6.07) is 54.1. The number of fused-ring (bicyclic) bond motifs is 8. The van der Waals surface area contributed by atoms with E-state index in [0.717, 1.165) is 23.7 Å². The van der Waals surface area contributed by atoms with Crippen LogP contribution in [-0.4, -0.2) is 0 Å². The molecule has 2 spiro atoms. The molecule has 1 nitrogen and oxygen atoms in total. The van der Waals surface area contributed by atoms with Crippen molar-refractivity contribution in [1.82, 2.24) is 0 Å². The normalized spacial score (nSPS) is 26.3. The van der Waals surface area contributed by atoms with Gasteiger partial charge in [-0.15, -0.1) is 0 Å². The fourth-order valence-electron chi connectivity index (χ4n) is 13.5. The van der Waals surface area contributed by atoms with Gasteiger partial charge in [0.25, 0.3) is 0 Å². The minimum atomic E-state index is 0.110. The number of nitrogens with zero attached hydrogens (tertiary/aromatic N) is 1. The summed E-state index contributed by atoms with van der Waals surface area (Å²) in [7, 11) is 0. The van der Waals surface area contributed by atoms with Gasteiger partial charge in [-0.25, -0.2) is 0 Å². The molecule has 0 heterocycles. The quantitative estimate of drug-likeness (QED) is 0.179. The summed E-state index contributed by atoms with van der Waals surface area (Å²) in [5.41, 5.74) is 18.8. The smallest absolute Gasteiger partial charge is 0.0543 e. The van der Waals surface area contributed by atoms with Gasteiger partial charge in [0.1, 0.15) is 0 Å². The predicted molar refractivity (Wildman–Crippen MR) is 219 cm³/mol. The Morgan fingerprint density at radius 3 is 1.79 bits per heavy atom. The highest BCUT2D eigenvalue weighted by Crippen LogP contribution is 2.70. The van der Waals surface area contributed by atoms with E-state index in [9.17, 15) is 0 Å². The Kier molecular flexibility index (Phi) is 6.53. The van der Waals surface area contributed by atoms with Gasteiger partial charge in [-0.3, -0.25) is 0 Å². The lowest BCUT2D eigenvalue weighted by atomic mass is 9.43. The van der Waals surface area contributed by atoms with Crippen LogP contribution in [-0.2, 0) is 10.8 Å². The van der Waals surface area contributed by atoms with Crippen LogP contribution in [0.3, 0.4) is 0 Å². The summed E-state index contributed by atoms with van der Waals surface area (Å²) in [5.74, 6) is 3.37. The van der Waals surface area contributed by atoms with Crippen molar-refractivity contribution >= 4 is 17.1 Å². The highest BCUT2D eigenvalue weighted by atomic mass is 15.1. The largest absolute Gasteiger partial charge is 0.310 e. The average molecular weight is 686 g/mol. The summed E-state index contributed by atoms with van der Waals surface area (Å²) in [4.78, 5) is 2.64. The van der Waals surface area contributed by atoms with Gasteiger partial charge in [-0.05, 0) is 149 Å². The first-order chi connectivity index (χ1) is 26.2. The van der Waals surface area contributed by atoms with E-state index in [1.165, 1.54) is 115 Å². The van der Waals surface area contributed by atoms with Crippen LogP contribution in [0.25, 0.3) is 33.4 Å². The van der Waals surface area contributed by atoms with Crippen LogP contribution in [0.1, 0.15) is 86.5 Å². The van der Waals surface area contributed by atoms with Crippen LogP contribution in [0.5, 0.6) is 0 Å². The minimum Gasteiger partial charge on any atom is -0.310 e. The minimum absolute atomic E-state index is 0.110. The Balaban J connectivity index is 1.08. The third kappa shape index (κ3) is 4.15. The highest BCUT2D eigenvalue weighted by Gasteiger charge is 2.62. The Labute approximate surface area is 314 Å². The zero-order valence-electron chi connectivity index (χ0n) is 30.6. The van der Waals surface area contributed by atoms with Gasteiger partial charge in [0.05, 0.1) is 5.69 Å². The number of hydrogen-bond acceptors (Lipinski definition) is 1. The zero-order valence-corrected chi connectivity index (χ0v) is 30.6. The van der Waals surface area contributed by atoms with Gasteiger partial charge in [-0.1, -0.05) is 128 Å². The van der Waals surface area contributed by atoms with Crippen LogP contribution >= 0.6 is 0 Å². The lowest BCUT2D eigenvalue weighted by Gasteiger charge is -2.61. The van der Waals surface area contributed by atoms with Crippen LogP contribution in [0, 0.1) is 23.7 Å². The molecule has 0 N–H and O–H groups in total. The van der Waals surface area contributed by atoms with Crippen molar-refractivity contribution in [3.05, 3.63) is 162 Å². The van der Waals surface area contributed by atoms with Gasteiger partial charge in [-0.2, -0.15) is 0 Å². The van der Waals surface area contributed by atoms with E-state index in [4.69, 9.17) is 0 Å². The van der Waals surface area contributed by atoms with E-state index in [-0.39, 0.29) is 10.8 Å². The van der Waals surface area contributed by atoms with E-state index in [2.05, 4.69) is 144 Å². The van der Waals surface area contributed by atoms with E-state index < -0.39 is 0 Å². The Hall–Kier alpha value is -4.88. The van der Waals surface area contributed by atoms with Gasteiger partial charge in [0.15, 0.2) is 0 Å². The average Bonchev–Trinajstić information content (AvgIpc) is 3.65. The summed E-state index contributed by atoms with van der Waals surface area (Å²) >= 11 is 0. The van der Waals surface area contributed by atoms with Crippen molar-refractivity contribution in [1.29, 1.82) is 0 Å². The topological polar surface area (TPSA) is 3.24 Å². The fourth-order valence-corrected chi connectivity index (χ4v) is 13.5. The van der Waals surface area contributed by atoms with E-state index in [1.54, 1.807) is 22.3 Å². The molecule has 0 aromatic heterocycles. The molecule has 5 fully saturated rings. The molecule has 5 saturated carbocycles. The van der Waals surface area contributed by atoms with Gasteiger partial charge in [0, 0.05) is 27.8 Å². The lowest BCUT2D eigenvalue weighted by Crippen LogP contribution is -2.55. The maximum Gasteiger partial charge on any atom is 0.0543 e. The van der Waals surface area contributed by atoms with Crippen molar-refractivity contribution in [3.8, 4) is 33.4 Å². The maximum atomic E-state index is 2.64. The second kappa shape index (κ2) is 11.3. The number of benzene rings is 6. The monoisotopic (exact) mass is 685 g/mol. The van der Waals surface area contributed by atoms with Crippen LogP contribution in [0.15, 0.2) is 140 Å².